The van der Waals surface area contributed by atoms with Gasteiger partial charge in [-0.05, 0) is 25.0 Å². The molecule has 0 aromatic heterocycles. The minimum atomic E-state index is -0.130. The highest BCUT2D eigenvalue weighted by Gasteiger charge is 2.18. The zero-order chi connectivity index (χ0) is 13.7. The highest BCUT2D eigenvalue weighted by molar-refractivity contribution is 5.69. The molecule has 1 N–H and O–H groups in total. The number of hydrogen-bond donors (Lipinski definition) is 1. The van der Waals surface area contributed by atoms with Gasteiger partial charge < -0.3 is 15.0 Å². The second kappa shape index (κ2) is 6.57. The number of ether oxygens (including phenoxy) is 1. The van der Waals surface area contributed by atoms with Crippen LogP contribution in [0.4, 0.5) is 5.69 Å². The Bertz CT molecular complexity index is 434. The molecule has 0 bridgehead atoms. The van der Waals surface area contributed by atoms with Gasteiger partial charge in [0.15, 0.2) is 0 Å². The minimum absolute atomic E-state index is 0.130. The van der Waals surface area contributed by atoms with Gasteiger partial charge >= 0.3 is 5.97 Å². The van der Waals surface area contributed by atoms with E-state index in [4.69, 9.17) is 0 Å². The summed E-state index contributed by atoms with van der Waals surface area (Å²) in [4.78, 5) is 13.5. The molecule has 2 rings (SSSR count). The lowest BCUT2D eigenvalue weighted by Gasteiger charge is -2.26. The van der Waals surface area contributed by atoms with Gasteiger partial charge in [0.25, 0.3) is 0 Å². The average Bonchev–Trinajstić information content (AvgIpc) is 2.59. The lowest BCUT2D eigenvalue weighted by atomic mass is 10.1. The van der Waals surface area contributed by atoms with Gasteiger partial charge in [-0.15, -0.1) is 0 Å². The number of esters is 1. The Hall–Kier alpha value is -1.55. The van der Waals surface area contributed by atoms with E-state index in [0.717, 1.165) is 26.1 Å². The first-order valence-electron chi connectivity index (χ1n) is 6.83. The molecule has 0 fully saturated rings. The summed E-state index contributed by atoms with van der Waals surface area (Å²) in [5.74, 6) is -0.130. The van der Waals surface area contributed by atoms with E-state index in [-0.39, 0.29) is 5.97 Å². The van der Waals surface area contributed by atoms with Crippen molar-refractivity contribution in [1.29, 1.82) is 0 Å². The third-order valence-corrected chi connectivity index (χ3v) is 3.50. The van der Waals surface area contributed by atoms with Crippen LogP contribution >= 0.6 is 0 Å². The van der Waals surface area contributed by atoms with Crippen LogP contribution in [0.25, 0.3) is 0 Å². The molecule has 1 aliphatic heterocycles. The number of carbonyl (C=O) groups is 1. The van der Waals surface area contributed by atoms with Crippen LogP contribution in [-0.2, 0) is 16.1 Å². The van der Waals surface area contributed by atoms with Crippen LogP contribution < -0.4 is 10.2 Å². The fourth-order valence-corrected chi connectivity index (χ4v) is 2.47. The van der Waals surface area contributed by atoms with Crippen LogP contribution in [-0.4, -0.2) is 32.2 Å². The largest absolute Gasteiger partial charge is 0.469 e. The summed E-state index contributed by atoms with van der Waals surface area (Å²) in [7, 11) is 1.44. The number of methoxy groups -OCH3 is 1. The van der Waals surface area contributed by atoms with E-state index in [9.17, 15) is 4.79 Å². The Morgan fingerprint density at radius 1 is 1.47 bits per heavy atom. The van der Waals surface area contributed by atoms with Crippen molar-refractivity contribution in [3.63, 3.8) is 0 Å². The minimum Gasteiger partial charge on any atom is -0.469 e. The average molecular weight is 262 g/mol. The van der Waals surface area contributed by atoms with E-state index >= 15 is 0 Å². The maximum absolute atomic E-state index is 11.2. The molecule has 1 unspecified atom stereocenters. The standard InChI is InChI=1S/C15H22N2O2/c1-12-11-17(9-5-8-15(18)19-2)14-7-4-3-6-13(14)10-16-12/h3-4,6-7,12,16H,5,8-11H2,1-2H3. The molecule has 4 nitrogen and oxygen atoms in total. The number of para-hydroxylation sites is 1. The van der Waals surface area contributed by atoms with Gasteiger partial charge in [0.1, 0.15) is 0 Å². The van der Waals surface area contributed by atoms with Crippen molar-refractivity contribution < 1.29 is 9.53 Å². The van der Waals surface area contributed by atoms with Crippen molar-refractivity contribution in [2.75, 3.05) is 25.1 Å². The first-order valence-corrected chi connectivity index (χ1v) is 6.83. The molecule has 0 radical (unpaired) electrons. The van der Waals surface area contributed by atoms with Gasteiger partial charge in [0.2, 0.25) is 0 Å². The van der Waals surface area contributed by atoms with E-state index in [1.807, 2.05) is 0 Å². The molecular weight excluding hydrogens is 240 g/mol. The first-order chi connectivity index (χ1) is 9.20. The summed E-state index contributed by atoms with van der Waals surface area (Å²) in [6, 6.07) is 8.91. The van der Waals surface area contributed by atoms with Crippen LogP contribution in [0.1, 0.15) is 25.3 Å². The lowest BCUT2D eigenvalue weighted by molar-refractivity contribution is -0.140. The van der Waals surface area contributed by atoms with Crippen molar-refractivity contribution in [1.82, 2.24) is 5.32 Å². The van der Waals surface area contributed by atoms with E-state index in [1.165, 1.54) is 18.4 Å². The van der Waals surface area contributed by atoms with E-state index in [1.54, 1.807) is 0 Å². The molecule has 104 valence electrons. The van der Waals surface area contributed by atoms with Crippen molar-refractivity contribution in [2.24, 2.45) is 0 Å². The number of anilines is 1. The molecule has 0 aliphatic carbocycles. The Balaban J connectivity index is 2.03. The third-order valence-electron chi connectivity index (χ3n) is 3.50. The summed E-state index contributed by atoms with van der Waals surface area (Å²) in [6.07, 6.45) is 1.31. The predicted molar refractivity (Wildman–Crippen MR) is 76.2 cm³/mol. The number of hydrogen-bond acceptors (Lipinski definition) is 4. The molecule has 4 heteroatoms. The lowest BCUT2D eigenvalue weighted by Crippen LogP contribution is -2.36. The highest BCUT2D eigenvalue weighted by atomic mass is 16.5. The topological polar surface area (TPSA) is 41.6 Å². The molecule has 0 saturated heterocycles. The fourth-order valence-electron chi connectivity index (χ4n) is 2.47. The number of nitrogens with one attached hydrogen (secondary N) is 1. The first kappa shape index (κ1) is 13.9. The molecule has 1 atom stereocenters. The quantitative estimate of drug-likeness (QED) is 0.842. The number of nitrogens with zero attached hydrogens (tertiary/aromatic N) is 1. The number of rotatable bonds is 4. The SMILES string of the molecule is COC(=O)CCCN1CC(C)NCc2ccccc21. The van der Waals surface area contributed by atoms with E-state index in [0.29, 0.717) is 12.5 Å². The Morgan fingerprint density at radius 2 is 2.26 bits per heavy atom. The van der Waals surface area contributed by atoms with Gasteiger partial charge in [0.05, 0.1) is 7.11 Å². The smallest absolute Gasteiger partial charge is 0.305 e. The van der Waals surface area contributed by atoms with Gasteiger partial charge in [-0.2, -0.15) is 0 Å². The molecule has 1 aromatic rings. The predicted octanol–water partition coefficient (Wildman–Crippen LogP) is 1.94. The summed E-state index contributed by atoms with van der Waals surface area (Å²) in [5, 5.41) is 3.51. The summed E-state index contributed by atoms with van der Waals surface area (Å²) >= 11 is 0. The second-order valence-electron chi connectivity index (χ2n) is 5.04. The normalized spacial score (nSPS) is 18.6. The van der Waals surface area contributed by atoms with Gasteiger partial charge in [-0.3, -0.25) is 4.79 Å². The fraction of sp³-hybridized carbons (Fsp3) is 0.533. The highest BCUT2D eigenvalue weighted by Crippen LogP contribution is 2.23. The molecule has 0 saturated carbocycles. The maximum Gasteiger partial charge on any atom is 0.305 e. The number of fused-ring (bicyclic) bond motifs is 1. The van der Waals surface area contributed by atoms with Gasteiger partial charge in [0, 0.05) is 37.8 Å². The van der Waals surface area contributed by atoms with Crippen LogP contribution in [0.5, 0.6) is 0 Å². The number of benzene rings is 1. The molecule has 0 amide bonds. The summed E-state index contributed by atoms with van der Waals surface area (Å²) in [5.41, 5.74) is 2.61. The molecule has 19 heavy (non-hydrogen) atoms. The van der Waals surface area contributed by atoms with Crippen molar-refractivity contribution >= 4 is 11.7 Å². The van der Waals surface area contributed by atoms with Gasteiger partial charge in [-0.25, -0.2) is 0 Å². The van der Waals surface area contributed by atoms with Gasteiger partial charge in [-0.1, -0.05) is 18.2 Å². The Morgan fingerprint density at radius 3 is 3.05 bits per heavy atom. The van der Waals surface area contributed by atoms with Crippen molar-refractivity contribution in [3.8, 4) is 0 Å². The van der Waals surface area contributed by atoms with Crippen molar-refractivity contribution in [2.45, 2.75) is 32.4 Å². The van der Waals surface area contributed by atoms with Crippen molar-refractivity contribution in [3.05, 3.63) is 29.8 Å². The second-order valence-corrected chi connectivity index (χ2v) is 5.04. The van der Waals surface area contributed by atoms with E-state index in [2.05, 4.69) is 46.1 Å². The zero-order valence-corrected chi connectivity index (χ0v) is 11.7. The van der Waals surface area contributed by atoms with Crippen LogP contribution in [0.15, 0.2) is 24.3 Å². The Labute approximate surface area is 114 Å². The molecule has 1 aromatic carbocycles. The maximum atomic E-state index is 11.2. The number of carbonyl (C=O) groups excluding carboxylic acids is 1. The Kier molecular flexibility index (Phi) is 4.80. The zero-order valence-electron chi connectivity index (χ0n) is 11.7. The van der Waals surface area contributed by atoms with Crippen LogP contribution in [0.3, 0.4) is 0 Å². The third kappa shape index (κ3) is 3.70. The molecular formula is C15H22N2O2. The van der Waals surface area contributed by atoms with E-state index < -0.39 is 0 Å². The monoisotopic (exact) mass is 262 g/mol. The summed E-state index contributed by atoms with van der Waals surface area (Å²) in [6.45, 7) is 4.96. The molecule has 0 spiro atoms. The van der Waals surface area contributed by atoms with Crippen LogP contribution in [0.2, 0.25) is 0 Å². The molecule has 1 aliphatic rings. The molecule has 1 heterocycles. The van der Waals surface area contributed by atoms with Crippen LogP contribution in [0, 0.1) is 0 Å². The summed E-state index contributed by atoms with van der Waals surface area (Å²) < 4.78 is 4.69.